The van der Waals surface area contributed by atoms with Crippen LogP contribution in [0.5, 0.6) is 0 Å². The van der Waals surface area contributed by atoms with E-state index in [9.17, 15) is 19.5 Å². The van der Waals surface area contributed by atoms with Crippen molar-refractivity contribution in [1.82, 2.24) is 9.88 Å². The van der Waals surface area contributed by atoms with Gasteiger partial charge in [-0.15, -0.1) is 6.58 Å². The fourth-order valence-corrected chi connectivity index (χ4v) is 5.67. The molecule has 0 radical (unpaired) electrons. The van der Waals surface area contributed by atoms with E-state index in [1.165, 1.54) is 6.42 Å². The molecule has 4 heterocycles. The van der Waals surface area contributed by atoms with E-state index in [0.29, 0.717) is 11.8 Å². The Hall–Kier alpha value is -3.10. The monoisotopic (exact) mass is 466 g/mol. The number of rotatable bonds is 5. The normalized spacial score (nSPS) is 30.9. The van der Waals surface area contributed by atoms with Gasteiger partial charge in [-0.05, 0) is 48.9 Å². The standard InChI is InChI=1S/C19H22N2O.C7H8O5/c1-2-13-12-21-10-8-14(13)11-18(21)19(22)16-7-9-20-17-6-4-3-5-15(16)17;8-3-1-4(6(9)10)5(2-3)7(11)12/h2-7,9,13-14,18-19,22H,1,8,10-12H2;4-5H,1-2H2,(H,9,10)(H,11,12)/t13-,14-,18-,19+;4-,5-/m00/s1. The van der Waals surface area contributed by atoms with Gasteiger partial charge in [-0.3, -0.25) is 24.3 Å². The summed E-state index contributed by atoms with van der Waals surface area (Å²) < 4.78 is 0. The number of aliphatic hydroxyl groups is 1. The summed E-state index contributed by atoms with van der Waals surface area (Å²) in [5.41, 5.74) is 1.97. The van der Waals surface area contributed by atoms with Gasteiger partial charge in [-0.2, -0.15) is 0 Å². The topological polar surface area (TPSA) is 128 Å². The second-order valence-corrected chi connectivity index (χ2v) is 9.44. The van der Waals surface area contributed by atoms with E-state index in [4.69, 9.17) is 10.2 Å². The van der Waals surface area contributed by atoms with Crippen molar-refractivity contribution in [2.45, 2.75) is 37.8 Å². The number of piperidine rings is 3. The Morgan fingerprint density at radius 3 is 2.38 bits per heavy atom. The van der Waals surface area contributed by atoms with Gasteiger partial charge in [0.05, 0.1) is 23.5 Å². The van der Waals surface area contributed by atoms with Crippen LogP contribution in [0, 0.1) is 23.7 Å². The number of aliphatic carboxylic acids is 2. The number of aliphatic hydroxyl groups excluding tert-OH is 1. The summed E-state index contributed by atoms with van der Waals surface area (Å²) in [4.78, 5) is 38.5. The molecule has 2 bridgehead atoms. The molecule has 1 aromatic heterocycles. The Bertz CT molecular complexity index is 1070. The third-order valence-corrected chi connectivity index (χ3v) is 7.54. The van der Waals surface area contributed by atoms with Crippen molar-refractivity contribution in [2.24, 2.45) is 23.7 Å². The molecule has 0 unspecified atom stereocenters. The average molecular weight is 467 g/mol. The highest BCUT2D eigenvalue weighted by atomic mass is 16.4. The van der Waals surface area contributed by atoms with Crippen molar-refractivity contribution in [1.29, 1.82) is 0 Å². The number of ketones is 1. The molecule has 3 saturated heterocycles. The van der Waals surface area contributed by atoms with Crippen LogP contribution in [0.2, 0.25) is 0 Å². The number of fused-ring (bicyclic) bond motifs is 4. The van der Waals surface area contributed by atoms with E-state index < -0.39 is 29.9 Å². The van der Waals surface area contributed by atoms with Crippen molar-refractivity contribution in [3.05, 3.63) is 54.7 Å². The van der Waals surface area contributed by atoms with Gasteiger partial charge in [-0.25, -0.2) is 0 Å². The predicted octanol–water partition coefficient (Wildman–Crippen LogP) is 2.92. The van der Waals surface area contributed by atoms with Crippen LogP contribution in [-0.2, 0) is 14.4 Å². The number of carbonyl (C=O) groups excluding carboxylic acids is 1. The fourth-order valence-electron chi connectivity index (χ4n) is 5.67. The first-order valence-corrected chi connectivity index (χ1v) is 11.7. The number of carbonyl (C=O) groups is 3. The number of aromatic nitrogens is 1. The molecule has 1 aliphatic carbocycles. The molecule has 1 saturated carbocycles. The molecule has 1 aromatic carbocycles. The molecule has 180 valence electrons. The average Bonchev–Trinajstić information content (AvgIpc) is 3.26. The first-order chi connectivity index (χ1) is 16.3. The van der Waals surface area contributed by atoms with E-state index in [1.807, 2.05) is 30.5 Å². The SMILES string of the molecule is C=C[C@H]1C[N@]2CC[C@H]1C[C@H]2[C@H](O)c1ccnc2ccccc12.O=C1C[C@H](C(=O)O)[C@@H](C(=O)O)C1. The number of para-hydroxylation sites is 1. The zero-order valence-electron chi connectivity index (χ0n) is 18.9. The van der Waals surface area contributed by atoms with Crippen molar-refractivity contribution in [3.63, 3.8) is 0 Å². The van der Waals surface area contributed by atoms with Gasteiger partial charge in [0.25, 0.3) is 0 Å². The minimum Gasteiger partial charge on any atom is -0.481 e. The summed E-state index contributed by atoms with van der Waals surface area (Å²) in [6.45, 7) is 6.11. The van der Waals surface area contributed by atoms with E-state index in [-0.39, 0.29) is 24.7 Å². The minimum atomic E-state index is -1.20. The number of benzene rings is 1. The molecule has 4 aliphatic rings. The Balaban J connectivity index is 0.000000195. The largest absolute Gasteiger partial charge is 0.481 e. The maximum absolute atomic E-state index is 11.0. The molecule has 3 N–H and O–H groups in total. The highest BCUT2D eigenvalue weighted by Gasteiger charge is 2.43. The highest BCUT2D eigenvalue weighted by Crippen LogP contribution is 2.41. The molecule has 7 atom stereocenters. The van der Waals surface area contributed by atoms with Crippen LogP contribution in [-0.4, -0.2) is 62.1 Å². The quantitative estimate of drug-likeness (QED) is 0.574. The Morgan fingerprint density at radius 2 is 1.79 bits per heavy atom. The zero-order valence-corrected chi connectivity index (χ0v) is 18.9. The second kappa shape index (κ2) is 10.0. The summed E-state index contributed by atoms with van der Waals surface area (Å²) in [7, 11) is 0. The van der Waals surface area contributed by atoms with Crippen molar-refractivity contribution in [3.8, 4) is 0 Å². The van der Waals surface area contributed by atoms with E-state index in [2.05, 4.69) is 28.6 Å². The van der Waals surface area contributed by atoms with Crippen molar-refractivity contribution < 1.29 is 29.7 Å². The van der Waals surface area contributed by atoms with Gasteiger partial charge in [0, 0.05) is 37.0 Å². The van der Waals surface area contributed by atoms with Crippen LogP contribution in [0.1, 0.15) is 37.4 Å². The van der Waals surface area contributed by atoms with E-state index >= 15 is 0 Å². The molecular formula is C26H30N2O6. The maximum Gasteiger partial charge on any atom is 0.307 e. The molecule has 4 fully saturated rings. The Labute approximate surface area is 197 Å². The molecule has 2 aromatic rings. The molecule has 34 heavy (non-hydrogen) atoms. The predicted molar refractivity (Wildman–Crippen MR) is 125 cm³/mol. The number of hydrogen-bond acceptors (Lipinski definition) is 6. The summed E-state index contributed by atoms with van der Waals surface area (Å²) in [5.74, 6) is -3.48. The van der Waals surface area contributed by atoms with Gasteiger partial charge >= 0.3 is 11.9 Å². The molecule has 3 aliphatic heterocycles. The van der Waals surface area contributed by atoms with Gasteiger partial charge in [0.2, 0.25) is 0 Å². The first kappa shape index (κ1) is 24.0. The number of carboxylic acids is 2. The Kier molecular flexibility index (Phi) is 7.09. The van der Waals surface area contributed by atoms with Crippen LogP contribution in [0.4, 0.5) is 0 Å². The molecule has 0 spiro atoms. The minimum absolute atomic E-state index is 0.147. The molecular weight excluding hydrogens is 436 g/mol. The third-order valence-electron chi connectivity index (χ3n) is 7.54. The molecule has 8 heteroatoms. The van der Waals surface area contributed by atoms with Gasteiger partial charge in [-0.1, -0.05) is 24.3 Å². The number of carboxylic acid groups (broad SMARTS) is 2. The molecule has 0 amide bonds. The van der Waals surface area contributed by atoms with Gasteiger partial charge < -0.3 is 15.3 Å². The van der Waals surface area contributed by atoms with E-state index in [1.54, 1.807) is 0 Å². The number of Topliss-reactive ketones (excluding diaryl/α,β-unsaturated/α-hetero) is 1. The van der Waals surface area contributed by atoms with Crippen molar-refractivity contribution in [2.75, 3.05) is 13.1 Å². The summed E-state index contributed by atoms with van der Waals surface area (Å²) in [6, 6.07) is 10.3. The lowest BCUT2D eigenvalue weighted by Crippen LogP contribution is -2.54. The lowest BCUT2D eigenvalue weighted by molar-refractivity contribution is -0.152. The number of hydrogen-bond donors (Lipinski definition) is 3. The van der Waals surface area contributed by atoms with Crippen molar-refractivity contribution >= 4 is 28.6 Å². The Morgan fingerprint density at radius 1 is 1.12 bits per heavy atom. The maximum atomic E-state index is 11.0. The van der Waals surface area contributed by atoms with Crippen LogP contribution in [0.25, 0.3) is 10.9 Å². The van der Waals surface area contributed by atoms with E-state index in [0.717, 1.165) is 36.0 Å². The zero-order chi connectivity index (χ0) is 24.4. The van der Waals surface area contributed by atoms with Gasteiger partial charge in [0.1, 0.15) is 5.78 Å². The lowest BCUT2D eigenvalue weighted by atomic mass is 9.73. The molecule has 8 nitrogen and oxygen atoms in total. The first-order valence-electron chi connectivity index (χ1n) is 11.7. The van der Waals surface area contributed by atoms with Crippen LogP contribution in [0.3, 0.4) is 0 Å². The van der Waals surface area contributed by atoms with Crippen LogP contribution in [0.15, 0.2) is 49.2 Å². The number of nitrogens with zero attached hydrogens (tertiary/aromatic N) is 2. The summed E-state index contributed by atoms with van der Waals surface area (Å²) in [6.07, 6.45) is 5.47. The third kappa shape index (κ3) is 4.74. The fraction of sp³-hybridized carbons (Fsp3) is 0.462. The summed E-state index contributed by atoms with van der Waals surface area (Å²) in [5, 5.41) is 29.2. The highest BCUT2D eigenvalue weighted by molar-refractivity contribution is 5.94. The molecule has 6 rings (SSSR count). The van der Waals surface area contributed by atoms with Gasteiger partial charge in [0.15, 0.2) is 0 Å². The number of pyridine rings is 1. The summed E-state index contributed by atoms with van der Waals surface area (Å²) >= 11 is 0. The smallest absolute Gasteiger partial charge is 0.307 e. The van der Waals surface area contributed by atoms with Crippen LogP contribution >= 0.6 is 0 Å². The second-order valence-electron chi connectivity index (χ2n) is 9.44. The lowest BCUT2D eigenvalue weighted by Gasteiger charge is -2.50. The van der Waals surface area contributed by atoms with Crippen LogP contribution < -0.4 is 0 Å².